The summed E-state index contributed by atoms with van der Waals surface area (Å²) in [6.45, 7) is 2.20. The molecule has 0 spiro atoms. The summed E-state index contributed by atoms with van der Waals surface area (Å²) >= 11 is 1.23. The van der Waals surface area contributed by atoms with Crippen LogP contribution in [-0.4, -0.2) is 259 Å². The molecule has 41 heteroatoms. The predicted octanol–water partition coefficient (Wildman–Crippen LogP) is -4.54. The number of carboxylic acids is 1. The van der Waals surface area contributed by atoms with E-state index in [0.29, 0.717) is 46.9 Å². The molecule has 1 aliphatic rings. The maximum absolute atomic E-state index is 15.2. The molecule has 6 rings (SSSR count). The minimum Gasteiger partial charge on any atom is -0.508 e. The number of H-pyrrole nitrogens is 2. The molecule has 0 unspecified atom stereocenters. The van der Waals surface area contributed by atoms with Gasteiger partial charge in [-0.15, -0.1) is 0 Å². The van der Waals surface area contributed by atoms with Crippen molar-refractivity contribution < 1.29 is 92.3 Å². The molecule has 26 N–H and O–H groups in total. The number of carbonyl (C=O) groups is 15. The molecule has 14 amide bonds. The first-order valence-corrected chi connectivity index (χ1v) is 39.9. The fourth-order valence-corrected chi connectivity index (χ4v) is 13.4. The van der Waals surface area contributed by atoms with Crippen LogP contribution in [0.25, 0.3) is 10.9 Å². The number of guanidine groups is 1. The van der Waals surface area contributed by atoms with E-state index in [4.69, 9.17) is 22.6 Å². The summed E-state index contributed by atoms with van der Waals surface area (Å²) < 4.78 is 0. The number of nitrogens with two attached hydrogens (primary N) is 3. The summed E-state index contributed by atoms with van der Waals surface area (Å²) in [5, 5.41) is 81.8. The maximum atomic E-state index is 15.2. The number of carboxylic acid groups (broad SMARTS) is 1. The number of benzene rings is 3. The Morgan fingerprint density at radius 1 is 0.576 bits per heavy atom. The first kappa shape index (κ1) is 94.6. The number of unbranched alkanes of at least 4 members (excludes halogenated alkanes) is 1. The van der Waals surface area contributed by atoms with Crippen LogP contribution < -0.4 is 86.3 Å². The maximum Gasteiger partial charge on any atom is 0.303 e. The predicted molar refractivity (Wildman–Crippen MR) is 431 cm³/mol. The second kappa shape index (κ2) is 48.3. The van der Waals surface area contributed by atoms with E-state index < -0.39 is 206 Å². The van der Waals surface area contributed by atoms with Gasteiger partial charge in [-0.25, -0.2) is 4.98 Å². The van der Waals surface area contributed by atoms with Crippen LogP contribution in [0.3, 0.4) is 0 Å². The van der Waals surface area contributed by atoms with Crippen LogP contribution in [0.1, 0.15) is 107 Å². The first-order valence-electron chi connectivity index (χ1n) is 38.6. The van der Waals surface area contributed by atoms with Crippen LogP contribution in [0.2, 0.25) is 0 Å². The van der Waals surface area contributed by atoms with Crippen LogP contribution >= 0.6 is 11.8 Å². The largest absolute Gasteiger partial charge is 0.508 e. The Hall–Kier alpha value is -12.2. The van der Waals surface area contributed by atoms with Crippen molar-refractivity contribution in [1.29, 1.82) is 5.41 Å². The highest BCUT2D eigenvalue weighted by molar-refractivity contribution is 7.98. The van der Waals surface area contributed by atoms with Gasteiger partial charge in [-0.1, -0.05) is 74.5 Å². The molecule has 3 heterocycles. The zero-order chi connectivity index (χ0) is 86.5. The molecular formula is C77H109N21O19S. The van der Waals surface area contributed by atoms with Gasteiger partial charge in [0, 0.05) is 75.4 Å². The van der Waals surface area contributed by atoms with E-state index in [-0.39, 0.29) is 94.1 Å². The van der Waals surface area contributed by atoms with Crippen molar-refractivity contribution in [3.63, 3.8) is 0 Å². The molecule has 40 nitrogen and oxygen atoms in total. The number of para-hydroxylation sites is 1. The number of primary amides is 1. The van der Waals surface area contributed by atoms with Gasteiger partial charge in [-0.05, 0) is 117 Å². The molecule has 1 fully saturated rings. The van der Waals surface area contributed by atoms with Gasteiger partial charge in [0.1, 0.15) is 78.3 Å². The van der Waals surface area contributed by atoms with Gasteiger partial charge in [0.15, 0.2) is 5.96 Å². The Kier molecular flexibility index (Phi) is 38.8. The Bertz CT molecular complexity index is 4250. The van der Waals surface area contributed by atoms with E-state index in [1.165, 1.54) is 53.5 Å². The van der Waals surface area contributed by atoms with Crippen LogP contribution in [0.4, 0.5) is 0 Å². The van der Waals surface area contributed by atoms with Crippen LogP contribution in [0, 0.1) is 11.3 Å². The number of aromatic nitrogens is 3. The zero-order valence-corrected chi connectivity index (χ0v) is 66.9. The second-order valence-corrected chi connectivity index (χ2v) is 29.6. The van der Waals surface area contributed by atoms with Gasteiger partial charge < -0.3 is 122 Å². The number of rotatable bonds is 50. The van der Waals surface area contributed by atoms with Gasteiger partial charge in [0.05, 0.1) is 31.8 Å². The summed E-state index contributed by atoms with van der Waals surface area (Å²) in [5.41, 5.74) is 19.2. The van der Waals surface area contributed by atoms with Crippen molar-refractivity contribution in [2.24, 2.45) is 23.1 Å². The second-order valence-electron chi connectivity index (χ2n) is 28.6. The highest BCUT2D eigenvalue weighted by Gasteiger charge is 2.41. The van der Waals surface area contributed by atoms with Gasteiger partial charge in [0.25, 0.3) is 0 Å². The fourth-order valence-electron chi connectivity index (χ4n) is 12.9. The number of carbonyl (C=O) groups excluding carboxylic acids is 14. The zero-order valence-electron chi connectivity index (χ0n) is 66.0. The first-order chi connectivity index (χ1) is 56.3. The number of phenolic OH excluding ortho intramolecular Hbond substituents is 1. The fraction of sp³-hybridized carbons (Fsp3) is 0.494. The van der Waals surface area contributed by atoms with Crippen molar-refractivity contribution in [2.45, 2.75) is 183 Å². The molecule has 12 atom stereocenters. The molecule has 1 saturated heterocycles. The smallest absolute Gasteiger partial charge is 0.303 e. The molecule has 0 bridgehead atoms. The quantitative estimate of drug-likeness (QED) is 0.00991. The van der Waals surface area contributed by atoms with Crippen molar-refractivity contribution in [3.05, 3.63) is 120 Å². The third-order valence-corrected chi connectivity index (χ3v) is 19.8. The lowest BCUT2D eigenvalue weighted by molar-refractivity contribution is -0.142. The van der Waals surface area contributed by atoms with Crippen molar-refractivity contribution >= 4 is 117 Å². The Morgan fingerprint density at radius 3 is 1.64 bits per heavy atom. The van der Waals surface area contributed by atoms with E-state index in [2.05, 4.69) is 84.1 Å². The van der Waals surface area contributed by atoms with E-state index in [9.17, 15) is 78.0 Å². The number of aliphatic carboxylic acids is 1. The number of hydrogen-bond acceptors (Lipinski definition) is 22. The number of aromatic amines is 2. The van der Waals surface area contributed by atoms with Gasteiger partial charge in [-0.2, -0.15) is 11.8 Å². The number of fused-ring (bicyclic) bond motifs is 1. The molecule has 0 aliphatic carbocycles. The average Bonchev–Trinajstić information content (AvgIpc) is 1.64. The molecule has 118 heavy (non-hydrogen) atoms. The van der Waals surface area contributed by atoms with Gasteiger partial charge in [0.2, 0.25) is 82.7 Å². The summed E-state index contributed by atoms with van der Waals surface area (Å²) in [6, 6.07) is 2.91. The van der Waals surface area contributed by atoms with Crippen LogP contribution in [0.5, 0.6) is 5.75 Å². The number of thioether (sulfide) groups is 1. The van der Waals surface area contributed by atoms with Gasteiger partial charge >= 0.3 is 5.97 Å². The number of aromatic hydroxyl groups is 1. The average molecular weight is 1660 g/mol. The Balaban J connectivity index is 1.25. The summed E-state index contributed by atoms with van der Waals surface area (Å²) in [7, 11) is 0. The SMILES string of the molecule is CSCC[C@H](NC(=O)[C@H](CO)NC(=O)[C@H](Cc1ccc(O)cc1)NC(=O)[C@H](CO)NC(C)=O)C(=O)N[C@@H](CCC(=O)O)C(=O)N[C@@H](Cc1c[nH]cn1)C(=O)N[C@@H](Cc1ccccc1)C(=O)N[C@@H](CCCNC(=N)N)C(=O)N[C@@H](Cc1c[nH]c2ccccc12)C(=O)NCC(=O)N[C@@H](CCCCN)C(=O)N1CCC[C@H]1C(=O)N[C@@H](C(N)=O)C(C)C. The molecule has 0 saturated carbocycles. The Labute approximate surface area is 684 Å². The van der Waals surface area contributed by atoms with Crippen LogP contribution in [0.15, 0.2) is 97.6 Å². The number of nitrogens with one attached hydrogen (secondary N) is 16. The Morgan fingerprint density at radius 2 is 1.09 bits per heavy atom. The molecule has 1 aliphatic heterocycles. The number of amides is 14. The van der Waals surface area contributed by atoms with E-state index in [1.54, 1.807) is 80.9 Å². The number of imidazole rings is 1. The summed E-state index contributed by atoms with van der Waals surface area (Å²) in [5.74, 6) is -15.0. The minimum absolute atomic E-state index is 0.00532. The lowest BCUT2D eigenvalue weighted by atomic mass is 10.0. The third kappa shape index (κ3) is 30.8. The summed E-state index contributed by atoms with van der Waals surface area (Å²) in [6.07, 6.45) is 4.68. The van der Waals surface area contributed by atoms with E-state index in [1.807, 2.05) is 0 Å². The number of hydrogen-bond donors (Lipinski definition) is 23. The summed E-state index contributed by atoms with van der Waals surface area (Å²) in [4.78, 5) is 220. The number of aliphatic hydroxyl groups excluding tert-OH is 2. The molecular weight excluding hydrogens is 1560 g/mol. The van der Waals surface area contributed by atoms with E-state index in [0.717, 1.165) is 6.92 Å². The number of aliphatic hydroxyl groups is 2. The number of likely N-dealkylation sites (tertiary alicyclic amines) is 1. The minimum atomic E-state index is -1.84. The highest BCUT2D eigenvalue weighted by Crippen LogP contribution is 2.23. The topological polar surface area (TPSA) is 643 Å². The lowest BCUT2D eigenvalue weighted by Crippen LogP contribution is -2.61. The van der Waals surface area contributed by atoms with Crippen molar-refractivity contribution in [2.75, 3.05) is 51.4 Å². The lowest BCUT2D eigenvalue weighted by Gasteiger charge is -2.30. The third-order valence-electron chi connectivity index (χ3n) is 19.2. The number of phenols is 1. The van der Waals surface area contributed by atoms with Crippen molar-refractivity contribution in [3.8, 4) is 5.75 Å². The molecule has 0 radical (unpaired) electrons. The van der Waals surface area contributed by atoms with Crippen LogP contribution in [-0.2, 0) is 97.6 Å². The van der Waals surface area contributed by atoms with Crippen molar-refractivity contribution in [1.82, 2.24) is 89.0 Å². The highest BCUT2D eigenvalue weighted by atomic mass is 32.2. The molecule has 642 valence electrons. The monoisotopic (exact) mass is 1660 g/mol. The molecule has 5 aromatic rings. The van der Waals surface area contributed by atoms with E-state index >= 15 is 14.4 Å². The van der Waals surface area contributed by atoms with Gasteiger partial charge in [-0.3, -0.25) is 77.3 Å². The number of nitrogens with zero attached hydrogens (tertiary/aromatic N) is 2. The molecule has 2 aromatic heterocycles. The standard InChI is InChI=1S/C77H109N21O19S/c1-42(2)64(65(79)106)97-75(116)61-20-13-30-98(61)76(117)54(18-10-11-28-78)88-62(103)38-85-66(107)57(34-46-36-84-50-17-9-8-16-49(46)50)94-67(108)51(19-12-29-83-77(80)81)89-70(111)55(32-44-14-6-5-7-15-44)92-72(113)58(35-47-37-82-41-86-47)95-68(109)52(25-26-63(104)105)90-69(110)53(27-31-118-4)91-74(115)60(40-100)96-71(112)56(33-45-21-23-48(102)24-22-45)93-73(114)59(39-99)87-43(3)101/h5-9,14-17,21-24,36-37,41-42,51-61,64,84,99-100,102H,10-13,18-20,25-35,38-40,78H2,1-4H3,(H2,79,106)(H,82,86)(H,85,107)(H,87,101)(H,88,103)(H,89,111)(H,90,110)(H,91,115)(H,92,113)(H,93,114)(H,94,108)(H,95,109)(H,96,112)(H,97,116)(H,104,105)(H4,80,81,83)/t51-,52-,53-,54-,55-,56-,57-,58-,59-,60-,61-,64+/m0/s1. The normalized spacial score (nSPS) is 15.2. The molecule has 3 aromatic carbocycles.